The zero-order valence-electron chi connectivity index (χ0n) is 18.7. The third-order valence-electron chi connectivity index (χ3n) is 5.78. The molecule has 1 heterocycles. The number of unbranched alkanes of at least 4 members (excludes halogenated alkanes) is 2. The average Bonchev–Trinajstić information content (AvgIpc) is 2.81. The van der Waals surface area contributed by atoms with Crippen molar-refractivity contribution in [3.05, 3.63) is 59.2 Å². The minimum Gasteiger partial charge on any atom is -0.490 e. The lowest BCUT2D eigenvalue weighted by atomic mass is 9.94. The van der Waals surface area contributed by atoms with E-state index in [0.29, 0.717) is 19.8 Å². The molecule has 2 aromatic carbocycles. The van der Waals surface area contributed by atoms with E-state index in [-0.39, 0.29) is 23.5 Å². The predicted molar refractivity (Wildman–Crippen MR) is 119 cm³/mol. The zero-order chi connectivity index (χ0) is 22.1. The topological polar surface area (TPSA) is 27.7 Å². The van der Waals surface area contributed by atoms with E-state index in [2.05, 4.69) is 31.2 Å². The summed E-state index contributed by atoms with van der Waals surface area (Å²) in [6.45, 7) is 5.43. The molecule has 0 amide bonds. The number of hydrogen-bond donors (Lipinski definition) is 0. The lowest BCUT2D eigenvalue weighted by Gasteiger charge is -2.29. The van der Waals surface area contributed by atoms with E-state index in [9.17, 15) is 8.78 Å². The van der Waals surface area contributed by atoms with Crippen molar-refractivity contribution in [2.24, 2.45) is 5.92 Å². The molecule has 2 atom stereocenters. The van der Waals surface area contributed by atoms with Crippen LogP contribution in [0, 0.1) is 17.6 Å². The minimum absolute atomic E-state index is 0.0668. The molecule has 2 aromatic rings. The molecule has 1 aliphatic heterocycles. The van der Waals surface area contributed by atoms with Crippen molar-refractivity contribution in [2.75, 3.05) is 19.8 Å². The monoisotopic (exact) mass is 432 g/mol. The SMILES string of the molecule is CCCCOc1ccc(OCC2CCC(c3ccc(CCCC)cc3)OC2)c(F)c1F. The fourth-order valence-corrected chi connectivity index (χ4v) is 3.75. The van der Waals surface area contributed by atoms with Crippen molar-refractivity contribution in [3.8, 4) is 11.5 Å². The van der Waals surface area contributed by atoms with Crippen LogP contribution < -0.4 is 9.47 Å². The van der Waals surface area contributed by atoms with Crippen LogP contribution in [0.3, 0.4) is 0 Å². The highest BCUT2D eigenvalue weighted by Crippen LogP contribution is 2.32. The van der Waals surface area contributed by atoms with E-state index in [1.807, 2.05) is 6.92 Å². The maximum absolute atomic E-state index is 14.3. The number of halogens is 2. The van der Waals surface area contributed by atoms with Gasteiger partial charge in [0.15, 0.2) is 11.5 Å². The fourth-order valence-electron chi connectivity index (χ4n) is 3.75. The van der Waals surface area contributed by atoms with Crippen LogP contribution in [0.25, 0.3) is 0 Å². The Bertz CT molecular complexity index is 799. The lowest BCUT2D eigenvalue weighted by molar-refractivity contribution is -0.0289. The van der Waals surface area contributed by atoms with E-state index >= 15 is 0 Å². The van der Waals surface area contributed by atoms with Gasteiger partial charge in [0, 0.05) is 5.92 Å². The van der Waals surface area contributed by atoms with Gasteiger partial charge in [0.2, 0.25) is 11.6 Å². The number of aryl methyl sites for hydroxylation is 1. The quantitative estimate of drug-likeness (QED) is 0.357. The Labute approximate surface area is 184 Å². The smallest absolute Gasteiger partial charge is 0.204 e. The molecule has 0 radical (unpaired) electrons. The van der Waals surface area contributed by atoms with Gasteiger partial charge in [0.1, 0.15) is 0 Å². The maximum Gasteiger partial charge on any atom is 0.204 e. The van der Waals surface area contributed by atoms with Crippen molar-refractivity contribution < 1.29 is 23.0 Å². The molecule has 1 aliphatic rings. The van der Waals surface area contributed by atoms with Crippen molar-refractivity contribution >= 4 is 0 Å². The summed E-state index contributed by atoms with van der Waals surface area (Å²) < 4.78 is 45.4. The first kappa shape index (κ1) is 23.5. The van der Waals surface area contributed by atoms with E-state index in [1.54, 1.807) is 0 Å². The van der Waals surface area contributed by atoms with Crippen LogP contribution in [-0.2, 0) is 11.2 Å². The lowest BCUT2D eigenvalue weighted by Crippen LogP contribution is -2.25. The van der Waals surface area contributed by atoms with Crippen LogP contribution in [0.4, 0.5) is 8.78 Å². The average molecular weight is 433 g/mol. The largest absolute Gasteiger partial charge is 0.490 e. The van der Waals surface area contributed by atoms with Gasteiger partial charge in [-0.3, -0.25) is 0 Å². The predicted octanol–water partition coefficient (Wildman–Crippen LogP) is 7.03. The van der Waals surface area contributed by atoms with Gasteiger partial charge in [-0.05, 0) is 55.4 Å². The number of benzene rings is 2. The van der Waals surface area contributed by atoms with Crippen LogP contribution in [0.1, 0.15) is 69.6 Å². The number of ether oxygens (including phenoxy) is 3. The molecule has 0 aromatic heterocycles. The van der Waals surface area contributed by atoms with Gasteiger partial charge < -0.3 is 14.2 Å². The molecule has 3 rings (SSSR count). The van der Waals surface area contributed by atoms with Crippen molar-refractivity contribution in [1.29, 1.82) is 0 Å². The summed E-state index contributed by atoms with van der Waals surface area (Å²) in [5.41, 5.74) is 2.56. The Morgan fingerprint density at radius 3 is 2.16 bits per heavy atom. The van der Waals surface area contributed by atoms with Gasteiger partial charge in [0.05, 0.1) is 25.9 Å². The molecular weight excluding hydrogens is 398 g/mol. The second-order valence-electron chi connectivity index (χ2n) is 8.31. The molecule has 1 saturated heterocycles. The van der Waals surface area contributed by atoms with Crippen LogP contribution in [0.5, 0.6) is 11.5 Å². The van der Waals surface area contributed by atoms with E-state index in [1.165, 1.54) is 36.1 Å². The molecule has 1 fully saturated rings. The minimum atomic E-state index is -0.994. The molecule has 2 unspecified atom stereocenters. The second kappa shape index (κ2) is 12.0. The molecule has 3 nitrogen and oxygen atoms in total. The van der Waals surface area contributed by atoms with E-state index in [0.717, 1.165) is 32.1 Å². The van der Waals surface area contributed by atoms with Gasteiger partial charge in [-0.15, -0.1) is 0 Å². The third kappa shape index (κ3) is 6.67. The second-order valence-corrected chi connectivity index (χ2v) is 8.31. The first-order valence-electron chi connectivity index (χ1n) is 11.6. The van der Waals surface area contributed by atoms with Crippen LogP contribution in [0.15, 0.2) is 36.4 Å². The van der Waals surface area contributed by atoms with Crippen molar-refractivity contribution in [3.63, 3.8) is 0 Å². The third-order valence-corrected chi connectivity index (χ3v) is 5.78. The number of rotatable bonds is 11. The normalized spacial score (nSPS) is 18.7. The Kier molecular flexibility index (Phi) is 9.13. The Hall–Kier alpha value is -2.14. The maximum atomic E-state index is 14.3. The molecule has 170 valence electrons. The summed E-state index contributed by atoms with van der Waals surface area (Å²) in [6, 6.07) is 11.6. The molecular formula is C26H34F2O3. The molecule has 31 heavy (non-hydrogen) atoms. The molecule has 0 saturated carbocycles. The highest BCUT2D eigenvalue weighted by atomic mass is 19.2. The summed E-state index contributed by atoms with van der Waals surface area (Å²) >= 11 is 0. The summed E-state index contributed by atoms with van der Waals surface area (Å²) in [5.74, 6) is -1.97. The Morgan fingerprint density at radius 2 is 1.55 bits per heavy atom. The van der Waals surface area contributed by atoms with Gasteiger partial charge in [0.25, 0.3) is 0 Å². The number of hydrogen-bond acceptors (Lipinski definition) is 3. The van der Waals surface area contributed by atoms with Crippen LogP contribution >= 0.6 is 0 Å². The Balaban J connectivity index is 1.46. The van der Waals surface area contributed by atoms with Crippen LogP contribution in [0.2, 0.25) is 0 Å². The Morgan fingerprint density at radius 1 is 0.871 bits per heavy atom. The van der Waals surface area contributed by atoms with Gasteiger partial charge in [-0.1, -0.05) is 51.0 Å². The van der Waals surface area contributed by atoms with E-state index < -0.39 is 11.6 Å². The summed E-state index contributed by atoms with van der Waals surface area (Å²) in [6.07, 6.45) is 7.15. The molecule has 5 heteroatoms. The van der Waals surface area contributed by atoms with Crippen molar-refractivity contribution in [2.45, 2.75) is 64.9 Å². The summed E-state index contributed by atoms with van der Waals surface area (Å²) in [4.78, 5) is 0. The molecule has 0 N–H and O–H groups in total. The zero-order valence-corrected chi connectivity index (χ0v) is 18.7. The van der Waals surface area contributed by atoms with Crippen molar-refractivity contribution in [1.82, 2.24) is 0 Å². The highest BCUT2D eigenvalue weighted by Gasteiger charge is 2.24. The van der Waals surface area contributed by atoms with Crippen LogP contribution in [-0.4, -0.2) is 19.8 Å². The van der Waals surface area contributed by atoms with Gasteiger partial charge >= 0.3 is 0 Å². The first-order valence-corrected chi connectivity index (χ1v) is 11.6. The van der Waals surface area contributed by atoms with Gasteiger partial charge in [-0.25, -0.2) is 0 Å². The standard InChI is InChI=1S/C26H34F2O3/c1-3-5-7-19-8-11-21(12-9-19)22-13-10-20(17-30-22)18-31-24-15-14-23(25(27)26(24)28)29-16-6-4-2/h8-9,11-12,14-15,20,22H,3-7,10,13,16-18H2,1-2H3. The summed E-state index contributed by atoms with van der Waals surface area (Å²) in [7, 11) is 0. The molecule has 0 spiro atoms. The fraction of sp³-hybridized carbons (Fsp3) is 0.538. The molecule has 0 aliphatic carbocycles. The highest BCUT2D eigenvalue weighted by molar-refractivity contribution is 5.35. The van der Waals surface area contributed by atoms with Gasteiger partial charge in [-0.2, -0.15) is 8.78 Å². The summed E-state index contributed by atoms with van der Waals surface area (Å²) in [5, 5.41) is 0. The van der Waals surface area contributed by atoms with E-state index in [4.69, 9.17) is 14.2 Å². The first-order chi connectivity index (χ1) is 15.1. The molecule has 0 bridgehead atoms.